The minimum Gasteiger partial charge on any atom is -0.368 e. The Morgan fingerprint density at radius 3 is 2.70 bits per heavy atom. The lowest BCUT2D eigenvalue weighted by atomic mass is 10.3. The maximum atomic E-state index is 13.5. The van der Waals surface area contributed by atoms with Gasteiger partial charge in [-0.25, -0.2) is 23.5 Å². The first kappa shape index (κ1) is 18.8. The van der Waals surface area contributed by atoms with Crippen molar-refractivity contribution in [2.24, 2.45) is 0 Å². The Bertz CT molecular complexity index is 810. The molecule has 3 N–H and O–H groups in total. The number of amides is 2. The molecule has 1 aliphatic rings. The summed E-state index contributed by atoms with van der Waals surface area (Å²) in [4.78, 5) is 22.8. The Balaban J connectivity index is 1.47. The first-order valence-electron chi connectivity index (χ1n) is 8.86. The van der Waals surface area contributed by atoms with Crippen LogP contribution < -0.4 is 20.9 Å². The smallest absolute Gasteiger partial charge is 0.319 e. The lowest BCUT2D eigenvalue weighted by molar-refractivity contribution is 0.252. The Morgan fingerprint density at radius 1 is 1.15 bits per heavy atom. The average Bonchev–Trinajstić information content (AvgIpc) is 3.16. The molecule has 0 spiro atoms. The van der Waals surface area contributed by atoms with Crippen LogP contribution in [0, 0.1) is 18.6 Å². The number of hydrogen-bond acceptors (Lipinski definition) is 5. The molecule has 27 heavy (non-hydrogen) atoms. The van der Waals surface area contributed by atoms with Gasteiger partial charge in [0.05, 0.1) is 5.69 Å². The Morgan fingerprint density at radius 2 is 1.93 bits per heavy atom. The van der Waals surface area contributed by atoms with Crippen LogP contribution in [0.3, 0.4) is 0 Å². The van der Waals surface area contributed by atoms with E-state index in [0.717, 1.165) is 49.9 Å². The third kappa shape index (κ3) is 5.25. The second kappa shape index (κ2) is 8.61. The summed E-state index contributed by atoms with van der Waals surface area (Å²) in [6, 6.07) is 4.15. The lowest BCUT2D eigenvalue weighted by Crippen LogP contribution is -2.33. The van der Waals surface area contributed by atoms with E-state index in [1.807, 2.05) is 13.0 Å². The molecule has 2 aromatic rings. The molecule has 0 aliphatic carbocycles. The van der Waals surface area contributed by atoms with Crippen molar-refractivity contribution in [1.29, 1.82) is 0 Å². The van der Waals surface area contributed by atoms with Gasteiger partial charge < -0.3 is 20.9 Å². The van der Waals surface area contributed by atoms with Crippen molar-refractivity contribution < 1.29 is 13.6 Å². The highest BCUT2D eigenvalue weighted by atomic mass is 19.1. The van der Waals surface area contributed by atoms with E-state index < -0.39 is 17.7 Å². The zero-order valence-electron chi connectivity index (χ0n) is 15.1. The van der Waals surface area contributed by atoms with Crippen molar-refractivity contribution in [3.05, 3.63) is 41.7 Å². The summed E-state index contributed by atoms with van der Waals surface area (Å²) in [6.07, 6.45) is 2.33. The standard InChI is InChI=1S/C18H22F2N6O/c1-12-23-16(11-17(24-12)26-8-2-3-9-26)21-6-7-22-18(27)25-15-10-13(19)4-5-14(15)20/h4-5,10-11H,2-3,6-9H2,1H3,(H,21,23,24)(H2,22,25,27). The molecular formula is C18H22F2N6O. The van der Waals surface area contributed by atoms with Crippen LogP contribution in [0.25, 0.3) is 0 Å². The van der Waals surface area contributed by atoms with E-state index in [2.05, 4.69) is 30.8 Å². The molecule has 7 nitrogen and oxygen atoms in total. The quantitative estimate of drug-likeness (QED) is 0.676. The van der Waals surface area contributed by atoms with Gasteiger partial charge in [-0.05, 0) is 31.9 Å². The number of aromatic nitrogens is 2. The number of carbonyl (C=O) groups excluding carboxylic acids is 1. The van der Waals surface area contributed by atoms with Crippen LogP contribution in [-0.4, -0.2) is 42.2 Å². The number of aryl methyl sites for hydroxylation is 1. The van der Waals surface area contributed by atoms with Crippen molar-refractivity contribution in [3.63, 3.8) is 0 Å². The van der Waals surface area contributed by atoms with Gasteiger partial charge in [0.2, 0.25) is 0 Å². The third-order valence-electron chi connectivity index (χ3n) is 4.15. The summed E-state index contributed by atoms with van der Waals surface area (Å²) in [5.74, 6) is 0.934. The monoisotopic (exact) mass is 376 g/mol. The molecule has 9 heteroatoms. The number of urea groups is 1. The van der Waals surface area contributed by atoms with Crippen molar-refractivity contribution >= 4 is 23.4 Å². The number of anilines is 3. The SMILES string of the molecule is Cc1nc(NCCNC(=O)Nc2cc(F)ccc2F)cc(N2CCCC2)n1. The fourth-order valence-electron chi connectivity index (χ4n) is 2.88. The van der Waals surface area contributed by atoms with Crippen molar-refractivity contribution in [2.45, 2.75) is 19.8 Å². The van der Waals surface area contributed by atoms with Crippen LogP contribution in [-0.2, 0) is 0 Å². The Labute approximate surface area is 156 Å². The summed E-state index contributed by atoms with van der Waals surface area (Å²) in [6.45, 7) is 4.53. The van der Waals surface area contributed by atoms with E-state index in [0.29, 0.717) is 18.2 Å². The molecule has 2 heterocycles. The van der Waals surface area contributed by atoms with E-state index in [9.17, 15) is 13.6 Å². The number of rotatable bonds is 6. The van der Waals surface area contributed by atoms with E-state index >= 15 is 0 Å². The third-order valence-corrected chi connectivity index (χ3v) is 4.15. The van der Waals surface area contributed by atoms with Gasteiger partial charge in [-0.2, -0.15) is 0 Å². The van der Waals surface area contributed by atoms with E-state index in [4.69, 9.17) is 0 Å². The summed E-state index contributed by atoms with van der Waals surface area (Å²) in [7, 11) is 0. The number of nitrogens with one attached hydrogen (secondary N) is 3. The first-order valence-corrected chi connectivity index (χ1v) is 8.86. The van der Waals surface area contributed by atoms with Crippen LogP contribution in [0.1, 0.15) is 18.7 Å². The van der Waals surface area contributed by atoms with E-state index in [-0.39, 0.29) is 12.2 Å². The Kier molecular flexibility index (Phi) is 6.00. The van der Waals surface area contributed by atoms with Gasteiger partial charge in [0.15, 0.2) is 0 Å². The normalized spacial score (nSPS) is 13.5. The zero-order chi connectivity index (χ0) is 19.2. The maximum Gasteiger partial charge on any atom is 0.319 e. The predicted molar refractivity (Wildman–Crippen MR) is 100 cm³/mol. The van der Waals surface area contributed by atoms with Gasteiger partial charge in [0.25, 0.3) is 0 Å². The zero-order valence-corrected chi connectivity index (χ0v) is 15.1. The molecule has 1 aromatic heterocycles. The number of halogens is 2. The van der Waals surface area contributed by atoms with Crippen LogP contribution in [0.5, 0.6) is 0 Å². The van der Waals surface area contributed by atoms with Crippen LogP contribution >= 0.6 is 0 Å². The largest absolute Gasteiger partial charge is 0.368 e. The van der Waals surface area contributed by atoms with Gasteiger partial charge in [-0.15, -0.1) is 0 Å². The molecule has 3 rings (SSSR count). The molecule has 1 saturated heterocycles. The summed E-state index contributed by atoms with van der Waals surface area (Å²) in [5.41, 5.74) is -0.206. The highest BCUT2D eigenvalue weighted by Gasteiger charge is 2.15. The van der Waals surface area contributed by atoms with E-state index in [1.54, 1.807) is 0 Å². The molecular weight excluding hydrogens is 354 g/mol. The molecule has 1 aliphatic heterocycles. The van der Waals surface area contributed by atoms with Crippen molar-refractivity contribution in [1.82, 2.24) is 15.3 Å². The highest BCUT2D eigenvalue weighted by molar-refractivity contribution is 5.89. The second-order valence-electron chi connectivity index (χ2n) is 6.28. The molecule has 0 saturated carbocycles. The maximum absolute atomic E-state index is 13.5. The molecule has 1 aromatic carbocycles. The fourth-order valence-corrected chi connectivity index (χ4v) is 2.88. The molecule has 0 radical (unpaired) electrons. The van der Waals surface area contributed by atoms with Gasteiger partial charge in [-0.1, -0.05) is 0 Å². The summed E-state index contributed by atoms with van der Waals surface area (Å²) >= 11 is 0. The average molecular weight is 376 g/mol. The number of nitrogens with zero attached hydrogens (tertiary/aromatic N) is 3. The minimum absolute atomic E-state index is 0.206. The predicted octanol–water partition coefficient (Wildman–Crippen LogP) is 2.90. The molecule has 144 valence electrons. The van der Waals surface area contributed by atoms with Crippen molar-refractivity contribution in [2.75, 3.05) is 41.7 Å². The topological polar surface area (TPSA) is 82.2 Å². The number of hydrogen-bond donors (Lipinski definition) is 3. The molecule has 0 unspecified atom stereocenters. The molecule has 2 amide bonds. The van der Waals surface area contributed by atoms with E-state index in [1.165, 1.54) is 0 Å². The number of carbonyl (C=O) groups is 1. The van der Waals surface area contributed by atoms with Crippen LogP contribution in [0.4, 0.5) is 30.9 Å². The minimum atomic E-state index is -0.699. The lowest BCUT2D eigenvalue weighted by Gasteiger charge is -2.18. The van der Waals surface area contributed by atoms with Gasteiger partial charge >= 0.3 is 6.03 Å². The van der Waals surface area contributed by atoms with Gasteiger partial charge in [-0.3, -0.25) is 0 Å². The molecule has 0 bridgehead atoms. The fraction of sp³-hybridized carbons (Fsp3) is 0.389. The van der Waals surface area contributed by atoms with Crippen molar-refractivity contribution in [3.8, 4) is 0 Å². The number of benzene rings is 1. The van der Waals surface area contributed by atoms with Crippen LogP contribution in [0.2, 0.25) is 0 Å². The van der Waals surface area contributed by atoms with Crippen LogP contribution in [0.15, 0.2) is 24.3 Å². The molecule has 0 atom stereocenters. The second-order valence-corrected chi connectivity index (χ2v) is 6.28. The Hall–Kier alpha value is -2.97. The van der Waals surface area contributed by atoms with Gasteiger partial charge in [0, 0.05) is 38.3 Å². The molecule has 1 fully saturated rings. The summed E-state index contributed by atoms with van der Waals surface area (Å²) < 4.78 is 26.6. The van der Waals surface area contributed by atoms with Gasteiger partial charge in [0.1, 0.15) is 29.1 Å². The summed E-state index contributed by atoms with van der Waals surface area (Å²) in [5, 5.41) is 7.99. The first-order chi connectivity index (χ1) is 13.0. The highest BCUT2D eigenvalue weighted by Crippen LogP contribution is 2.20.